The zero-order valence-corrected chi connectivity index (χ0v) is 11.0. The molecule has 0 amide bonds. The van der Waals surface area contributed by atoms with Gasteiger partial charge in [0.2, 0.25) is 0 Å². The average Bonchev–Trinajstić information content (AvgIpc) is 2.82. The number of halogens is 1. The van der Waals surface area contributed by atoms with E-state index in [1.165, 1.54) is 6.26 Å². The summed E-state index contributed by atoms with van der Waals surface area (Å²) in [7, 11) is 0. The predicted octanol–water partition coefficient (Wildman–Crippen LogP) is 3.77. The van der Waals surface area contributed by atoms with Gasteiger partial charge in [0.25, 0.3) is 0 Å². The van der Waals surface area contributed by atoms with Gasteiger partial charge in [-0.25, -0.2) is 0 Å². The summed E-state index contributed by atoms with van der Waals surface area (Å²) in [5.74, 6) is 0.853. The molecule has 1 heterocycles. The number of nitrogens with two attached hydrogens (primary N) is 1. The number of benzene rings is 1. The van der Waals surface area contributed by atoms with E-state index < -0.39 is 0 Å². The molecule has 2 aromatic rings. The smallest absolute Gasteiger partial charge is 0.198 e. The summed E-state index contributed by atoms with van der Waals surface area (Å²) in [6.45, 7) is 2.80. The summed E-state index contributed by atoms with van der Waals surface area (Å²) in [5.41, 5.74) is 7.89. The summed E-state index contributed by atoms with van der Waals surface area (Å²) in [5, 5.41) is 0.341. The van der Waals surface area contributed by atoms with Gasteiger partial charge in [-0.15, -0.1) is 0 Å². The number of hydrogen-bond acceptors (Lipinski definition) is 3. The average molecular weight is 266 g/mol. The van der Waals surface area contributed by atoms with Gasteiger partial charge in [0.1, 0.15) is 5.75 Å². The lowest BCUT2D eigenvalue weighted by Gasteiger charge is -2.11. The van der Waals surface area contributed by atoms with E-state index in [2.05, 4.69) is 6.92 Å². The Morgan fingerprint density at radius 2 is 2.00 bits per heavy atom. The lowest BCUT2D eigenvalue weighted by atomic mass is 10.0. The summed E-state index contributed by atoms with van der Waals surface area (Å²) in [6, 6.07) is 9.22. The molecule has 96 valence electrons. The highest BCUT2D eigenvalue weighted by atomic mass is 35.5. The first-order valence-corrected chi connectivity index (χ1v) is 6.31. The van der Waals surface area contributed by atoms with Crippen LogP contribution in [0, 0.1) is 0 Å². The van der Waals surface area contributed by atoms with Gasteiger partial charge in [-0.1, -0.05) is 19.1 Å². The van der Waals surface area contributed by atoms with Crippen molar-refractivity contribution in [3.05, 3.63) is 52.9 Å². The molecule has 0 fully saturated rings. The summed E-state index contributed by atoms with van der Waals surface area (Å²) < 4.78 is 10.6. The zero-order chi connectivity index (χ0) is 13.0. The Hall–Kier alpha value is -1.45. The molecule has 2 rings (SSSR count). The summed E-state index contributed by atoms with van der Waals surface area (Å²) in [4.78, 5) is 0. The van der Waals surface area contributed by atoms with Crippen molar-refractivity contribution in [1.82, 2.24) is 0 Å². The van der Waals surface area contributed by atoms with Gasteiger partial charge in [0.15, 0.2) is 5.22 Å². The van der Waals surface area contributed by atoms with E-state index >= 15 is 0 Å². The van der Waals surface area contributed by atoms with Crippen molar-refractivity contribution in [3.63, 3.8) is 0 Å². The first kappa shape index (κ1) is 13.0. The SMILES string of the molecule is CCCOc1ccc(C(N)c2ccoc2Cl)cc1. The van der Waals surface area contributed by atoms with E-state index in [1.54, 1.807) is 6.07 Å². The fourth-order valence-electron chi connectivity index (χ4n) is 1.70. The fraction of sp³-hybridized carbons (Fsp3) is 0.286. The van der Waals surface area contributed by atoms with Gasteiger partial charge in [-0.05, 0) is 41.8 Å². The summed E-state index contributed by atoms with van der Waals surface area (Å²) >= 11 is 5.91. The van der Waals surface area contributed by atoms with Crippen LogP contribution in [0.2, 0.25) is 5.22 Å². The zero-order valence-electron chi connectivity index (χ0n) is 10.2. The van der Waals surface area contributed by atoms with E-state index in [1.807, 2.05) is 24.3 Å². The third-order valence-corrected chi connectivity index (χ3v) is 3.00. The van der Waals surface area contributed by atoms with E-state index in [0.717, 1.165) is 29.9 Å². The van der Waals surface area contributed by atoms with Crippen LogP contribution in [-0.4, -0.2) is 6.61 Å². The molecule has 0 saturated heterocycles. The highest BCUT2D eigenvalue weighted by molar-refractivity contribution is 6.29. The number of ether oxygens (including phenoxy) is 1. The van der Waals surface area contributed by atoms with E-state index in [-0.39, 0.29) is 6.04 Å². The third kappa shape index (κ3) is 2.86. The Labute approximate surface area is 111 Å². The largest absolute Gasteiger partial charge is 0.494 e. The maximum Gasteiger partial charge on any atom is 0.198 e. The Kier molecular flexibility index (Phi) is 4.28. The Morgan fingerprint density at radius 1 is 1.28 bits per heavy atom. The molecule has 1 aromatic heterocycles. The molecule has 18 heavy (non-hydrogen) atoms. The Morgan fingerprint density at radius 3 is 2.56 bits per heavy atom. The molecular weight excluding hydrogens is 250 g/mol. The number of hydrogen-bond donors (Lipinski definition) is 1. The van der Waals surface area contributed by atoms with E-state index in [4.69, 9.17) is 26.5 Å². The molecule has 1 unspecified atom stereocenters. The Bertz CT molecular complexity index is 493. The maximum atomic E-state index is 6.13. The first-order chi connectivity index (χ1) is 8.72. The summed E-state index contributed by atoms with van der Waals surface area (Å²) in [6.07, 6.45) is 2.53. The van der Waals surface area contributed by atoms with Crippen molar-refractivity contribution < 1.29 is 9.15 Å². The highest BCUT2D eigenvalue weighted by Crippen LogP contribution is 2.28. The fourth-order valence-corrected chi connectivity index (χ4v) is 1.93. The molecule has 0 saturated carbocycles. The second kappa shape index (κ2) is 5.94. The normalized spacial score (nSPS) is 12.4. The van der Waals surface area contributed by atoms with Gasteiger partial charge in [-0.3, -0.25) is 0 Å². The van der Waals surface area contributed by atoms with Crippen molar-refractivity contribution in [2.45, 2.75) is 19.4 Å². The minimum Gasteiger partial charge on any atom is -0.494 e. The second-order valence-corrected chi connectivity index (χ2v) is 4.39. The quantitative estimate of drug-likeness (QED) is 0.895. The third-order valence-electron chi connectivity index (χ3n) is 2.69. The van der Waals surface area contributed by atoms with Gasteiger partial charge in [0.05, 0.1) is 18.9 Å². The molecule has 0 radical (unpaired) electrons. The molecule has 0 bridgehead atoms. The van der Waals surface area contributed by atoms with Crippen LogP contribution in [0.25, 0.3) is 0 Å². The van der Waals surface area contributed by atoms with E-state index in [9.17, 15) is 0 Å². The van der Waals surface area contributed by atoms with Gasteiger partial charge in [-0.2, -0.15) is 0 Å². The van der Waals surface area contributed by atoms with Crippen LogP contribution in [0.1, 0.15) is 30.5 Å². The van der Waals surface area contributed by atoms with Crippen molar-refractivity contribution in [3.8, 4) is 5.75 Å². The molecule has 0 aliphatic rings. The van der Waals surface area contributed by atoms with Gasteiger partial charge >= 0.3 is 0 Å². The minimum atomic E-state index is -0.281. The van der Waals surface area contributed by atoms with Crippen molar-refractivity contribution >= 4 is 11.6 Å². The lowest BCUT2D eigenvalue weighted by Crippen LogP contribution is -2.11. The molecule has 0 aliphatic carbocycles. The van der Waals surface area contributed by atoms with E-state index in [0.29, 0.717) is 5.22 Å². The van der Waals surface area contributed by atoms with Crippen LogP contribution in [0.15, 0.2) is 41.0 Å². The van der Waals surface area contributed by atoms with Crippen LogP contribution >= 0.6 is 11.6 Å². The van der Waals surface area contributed by atoms with Crippen LogP contribution in [0.5, 0.6) is 5.75 Å². The first-order valence-electron chi connectivity index (χ1n) is 5.93. The Balaban J connectivity index is 2.12. The molecule has 0 aliphatic heterocycles. The monoisotopic (exact) mass is 265 g/mol. The highest BCUT2D eigenvalue weighted by Gasteiger charge is 2.14. The van der Waals surface area contributed by atoms with Crippen molar-refractivity contribution in [1.29, 1.82) is 0 Å². The standard InChI is InChI=1S/C14H16ClNO2/c1-2-8-17-11-5-3-10(4-6-11)13(16)12-7-9-18-14(12)15/h3-7,9,13H,2,8,16H2,1H3. The molecule has 1 atom stereocenters. The van der Waals surface area contributed by atoms with Crippen molar-refractivity contribution in [2.24, 2.45) is 5.73 Å². The van der Waals surface area contributed by atoms with Crippen LogP contribution < -0.4 is 10.5 Å². The number of furan rings is 1. The molecular formula is C14H16ClNO2. The van der Waals surface area contributed by atoms with Gasteiger partial charge in [0, 0.05) is 5.56 Å². The van der Waals surface area contributed by atoms with Crippen LogP contribution in [-0.2, 0) is 0 Å². The molecule has 0 spiro atoms. The maximum absolute atomic E-state index is 6.13. The number of rotatable bonds is 5. The van der Waals surface area contributed by atoms with Crippen LogP contribution in [0.3, 0.4) is 0 Å². The topological polar surface area (TPSA) is 48.4 Å². The van der Waals surface area contributed by atoms with Crippen molar-refractivity contribution in [2.75, 3.05) is 6.61 Å². The predicted molar refractivity (Wildman–Crippen MR) is 72.0 cm³/mol. The van der Waals surface area contributed by atoms with Gasteiger partial charge < -0.3 is 14.9 Å². The molecule has 1 aromatic carbocycles. The molecule has 3 nitrogen and oxygen atoms in total. The lowest BCUT2D eigenvalue weighted by molar-refractivity contribution is 0.317. The second-order valence-electron chi connectivity index (χ2n) is 4.04. The minimum absolute atomic E-state index is 0.281. The molecule has 4 heteroatoms. The molecule has 2 N–H and O–H groups in total. The van der Waals surface area contributed by atoms with Crippen LogP contribution in [0.4, 0.5) is 0 Å².